The molecule has 1 heterocycles. The van der Waals surface area contributed by atoms with Crippen LogP contribution in [0.15, 0.2) is 85.1 Å². The van der Waals surface area contributed by atoms with Crippen molar-refractivity contribution < 1.29 is 9.59 Å². The summed E-state index contributed by atoms with van der Waals surface area (Å²) in [7, 11) is 0. The van der Waals surface area contributed by atoms with Gasteiger partial charge in [-0.2, -0.15) is 0 Å². The van der Waals surface area contributed by atoms with Crippen molar-refractivity contribution in [1.82, 2.24) is 15.0 Å². The Bertz CT molecular complexity index is 1220. The van der Waals surface area contributed by atoms with Crippen molar-refractivity contribution in [3.63, 3.8) is 0 Å². The zero-order valence-corrected chi connectivity index (χ0v) is 16.9. The van der Waals surface area contributed by atoms with Gasteiger partial charge in [0, 0.05) is 5.69 Å². The Balaban J connectivity index is 1.47. The van der Waals surface area contributed by atoms with Crippen molar-refractivity contribution in [1.29, 1.82) is 0 Å². The van der Waals surface area contributed by atoms with Crippen molar-refractivity contribution >= 4 is 23.2 Å². The highest BCUT2D eigenvalue weighted by molar-refractivity contribution is 6.12. The van der Waals surface area contributed by atoms with Crippen LogP contribution in [0, 0.1) is 6.92 Å². The van der Waals surface area contributed by atoms with E-state index in [0.29, 0.717) is 23.5 Å². The van der Waals surface area contributed by atoms with Crippen LogP contribution in [0.2, 0.25) is 0 Å². The third-order valence-electron chi connectivity index (χ3n) is 4.65. The molecule has 0 bridgehead atoms. The SMILES string of the molecule is Cc1cccc(NC(=O)c2ccccc2NC(=O)c2cn(Cc3ccccc3)nn2)c1. The first kappa shape index (κ1) is 20.0. The predicted molar refractivity (Wildman–Crippen MR) is 119 cm³/mol. The van der Waals surface area contributed by atoms with Gasteiger partial charge in [-0.25, -0.2) is 4.68 Å². The fourth-order valence-corrected chi connectivity index (χ4v) is 3.15. The zero-order valence-electron chi connectivity index (χ0n) is 16.9. The van der Waals surface area contributed by atoms with Gasteiger partial charge in [-0.1, -0.05) is 59.8 Å². The number of nitrogens with one attached hydrogen (secondary N) is 2. The topological polar surface area (TPSA) is 88.9 Å². The van der Waals surface area contributed by atoms with E-state index >= 15 is 0 Å². The molecule has 4 aromatic rings. The number of rotatable bonds is 6. The van der Waals surface area contributed by atoms with Gasteiger partial charge in [-0.05, 0) is 42.3 Å². The molecule has 3 aromatic carbocycles. The number of amides is 2. The minimum Gasteiger partial charge on any atom is -0.322 e. The number of benzene rings is 3. The van der Waals surface area contributed by atoms with Gasteiger partial charge in [0.1, 0.15) is 0 Å². The summed E-state index contributed by atoms with van der Waals surface area (Å²) < 4.78 is 1.60. The monoisotopic (exact) mass is 411 g/mol. The molecular weight excluding hydrogens is 390 g/mol. The van der Waals surface area contributed by atoms with Crippen LogP contribution in [0.3, 0.4) is 0 Å². The molecule has 0 atom stereocenters. The number of para-hydroxylation sites is 1. The first-order valence-electron chi connectivity index (χ1n) is 9.81. The van der Waals surface area contributed by atoms with Crippen molar-refractivity contribution in [3.05, 3.63) is 107 Å². The molecule has 0 saturated heterocycles. The highest BCUT2D eigenvalue weighted by atomic mass is 16.2. The number of carbonyl (C=O) groups excluding carboxylic acids is 2. The third-order valence-corrected chi connectivity index (χ3v) is 4.65. The Morgan fingerprint density at radius 1 is 0.871 bits per heavy atom. The highest BCUT2D eigenvalue weighted by Gasteiger charge is 2.16. The molecule has 1 aromatic heterocycles. The van der Waals surface area contributed by atoms with E-state index in [0.717, 1.165) is 11.1 Å². The first-order chi connectivity index (χ1) is 15.1. The van der Waals surface area contributed by atoms with Gasteiger partial charge >= 0.3 is 0 Å². The van der Waals surface area contributed by atoms with Crippen LogP contribution in [-0.4, -0.2) is 26.8 Å². The smallest absolute Gasteiger partial charge is 0.277 e. The molecule has 0 aliphatic rings. The molecule has 0 aliphatic carbocycles. The van der Waals surface area contributed by atoms with Gasteiger partial charge < -0.3 is 10.6 Å². The van der Waals surface area contributed by atoms with E-state index in [1.54, 1.807) is 35.1 Å². The normalized spacial score (nSPS) is 10.5. The molecular formula is C24H21N5O2. The standard InChI is InChI=1S/C24H21N5O2/c1-17-8-7-11-19(14-17)25-23(30)20-12-5-6-13-21(20)26-24(31)22-16-29(28-27-22)15-18-9-3-2-4-10-18/h2-14,16H,15H2,1H3,(H,25,30)(H,26,31). The van der Waals surface area contributed by atoms with Gasteiger partial charge in [0.25, 0.3) is 11.8 Å². The lowest BCUT2D eigenvalue weighted by atomic mass is 10.1. The predicted octanol–water partition coefficient (Wildman–Crippen LogP) is 4.14. The van der Waals surface area contributed by atoms with E-state index in [2.05, 4.69) is 20.9 Å². The fraction of sp³-hybridized carbons (Fsp3) is 0.0833. The van der Waals surface area contributed by atoms with E-state index in [1.165, 1.54) is 0 Å². The van der Waals surface area contributed by atoms with Gasteiger partial charge in [0.2, 0.25) is 0 Å². The van der Waals surface area contributed by atoms with E-state index in [9.17, 15) is 9.59 Å². The minimum atomic E-state index is -0.435. The van der Waals surface area contributed by atoms with Crippen molar-refractivity contribution in [2.75, 3.05) is 10.6 Å². The number of aromatic nitrogens is 3. The summed E-state index contributed by atoms with van der Waals surface area (Å²) in [6, 6.07) is 24.1. The molecule has 7 heteroatoms. The van der Waals surface area contributed by atoms with Crippen LogP contribution >= 0.6 is 0 Å². The summed E-state index contributed by atoms with van der Waals surface area (Å²) in [5.41, 5.74) is 3.71. The van der Waals surface area contributed by atoms with Crippen molar-refractivity contribution in [2.45, 2.75) is 13.5 Å². The molecule has 154 valence electrons. The second-order valence-electron chi connectivity index (χ2n) is 7.11. The number of carbonyl (C=O) groups is 2. The molecule has 0 saturated carbocycles. The molecule has 2 amide bonds. The minimum absolute atomic E-state index is 0.171. The number of aryl methyl sites for hydroxylation is 1. The number of hydrogen-bond acceptors (Lipinski definition) is 4. The van der Waals surface area contributed by atoms with Crippen LogP contribution in [0.5, 0.6) is 0 Å². The first-order valence-corrected chi connectivity index (χ1v) is 9.81. The van der Waals surface area contributed by atoms with E-state index < -0.39 is 5.91 Å². The Hall–Kier alpha value is -4.26. The lowest BCUT2D eigenvalue weighted by Crippen LogP contribution is -2.18. The summed E-state index contributed by atoms with van der Waals surface area (Å²) in [5.74, 6) is -0.746. The lowest BCUT2D eigenvalue weighted by Gasteiger charge is -2.11. The fourth-order valence-electron chi connectivity index (χ4n) is 3.15. The lowest BCUT2D eigenvalue weighted by molar-refractivity contribution is 0.102. The highest BCUT2D eigenvalue weighted by Crippen LogP contribution is 2.19. The molecule has 4 rings (SSSR count). The van der Waals surface area contributed by atoms with Crippen molar-refractivity contribution in [3.8, 4) is 0 Å². The second-order valence-corrected chi connectivity index (χ2v) is 7.11. The summed E-state index contributed by atoms with van der Waals surface area (Å²) in [6.07, 6.45) is 1.58. The van der Waals surface area contributed by atoms with E-state index in [4.69, 9.17) is 0 Å². The average Bonchev–Trinajstić information content (AvgIpc) is 3.23. The molecule has 0 unspecified atom stereocenters. The Kier molecular flexibility index (Phi) is 5.84. The van der Waals surface area contributed by atoms with Crippen LogP contribution in [-0.2, 0) is 6.54 Å². The molecule has 0 aliphatic heterocycles. The largest absolute Gasteiger partial charge is 0.322 e. The molecule has 2 N–H and O–H groups in total. The molecule has 7 nitrogen and oxygen atoms in total. The van der Waals surface area contributed by atoms with Gasteiger partial charge in [-0.3, -0.25) is 9.59 Å². The van der Waals surface area contributed by atoms with E-state index in [-0.39, 0.29) is 11.6 Å². The van der Waals surface area contributed by atoms with Gasteiger partial charge in [0.15, 0.2) is 5.69 Å². The van der Waals surface area contributed by atoms with Crippen LogP contribution in [0.1, 0.15) is 32.0 Å². The second kappa shape index (κ2) is 9.04. The summed E-state index contributed by atoms with van der Waals surface area (Å²) >= 11 is 0. The van der Waals surface area contributed by atoms with Gasteiger partial charge in [0.05, 0.1) is 24.0 Å². The third kappa shape index (κ3) is 5.02. The van der Waals surface area contributed by atoms with Gasteiger partial charge in [-0.15, -0.1) is 5.10 Å². The maximum Gasteiger partial charge on any atom is 0.277 e. The maximum atomic E-state index is 12.8. The molecule has 0 fully saturated rings. The molecule has 0 spiro atoms. The number of anilines is 2. The quantitative estimate of drug-likeness (QED) is 0.499. The van der Waals surface area contributed by atoms with Crippen LogP contribution in [0.4, 0.5) is 11.4 Å². The Morgan fingerprint density at radius 2 is 1.65 bits per heavy atom. The molecule has 31 heavy (non-hydrogen) atoms. The van der Waals surface area contributed by atoms with Crippen LogP contribution < -0.4 is 10.6 Å². The van der Waals surface area contributed by atoms with Crippen molar-refractivity contribution in [2.24, 2.45) is 0 Å². The zero-order chi connectivity index (χ0) is 21.6. The average molecular weight is 411 g/mol. The number of nitrogens with zero attached hydrogens (tertiary/aromatic N) is 3. The van der Waals surface area contributed by atoms with E-state index in [1.807, 2.05) is 61.5 Å². The Morgan fingerprint density at radius 3 is 2.45 bits per heavy atom. The maximum absolute atomic E-state index is 12.8. The Labute approximate surface area is 179 Å². The molecule has 0 radical (unpaired) electrons. The number of hydrogen-bond donors (Lipinski definition) is 2. The summed E-state index contributed by atoms with van der Waals surface area (Å²) in [5, 5.41) is 13.6. The summed E-state index contributed by atoms with van der Waals surface area (Å²) in [6.45, 7) is 2.46. The summed E-state index contributed by atoms with van der Waals surface area (Å²) in [4.78, 5) is 25.5. The van der Waals surface area contributed by atoms with Crippen LogP contribution in [0.25, 0.3) is 0 Å².